The number of nitrogens with two attached hydrogens (primary N) is 1. The van der Waals surface area contributed by atoms with E-state index in [0.29, 0.717) is 6.42 Å². The SMILES string of the molecule is N=C(N)Cc1ncc[nH]1. The lowest BCUT2D eigenvalue weighted by atomic mass is 10.4. The standard InChI is InChI=1S/C5H8N4/c6-4(7)3-5-8-1-2-9-5/h1-2H,3H2,(H3,6,7)(H,8,9). The van der Waals surface area contributed by atoms with Crippen LogP contribution in [0.2, 0.25) is 0 Å². The predicted octanol–water partition coefficient (Wildman–Crippen LogP) is -0.112. The maximum absolute atomic E-state index is 6.89. The number of rotatable bonds is 2. The zero-order valence-corrected chi connectivity index (χ0v) is 4.89. The molecule has 0 saturated heterocycles. The first-order valence-electron chi connectivity index (χ1n) is 2.60. The van der Waals surface area contributed by atoms with Crippen LogP contribution in [0.25, 0.3) is 0 Å². The number of aromatic nitrogens is 2. The van der Waals surface area contributed by atoms with Crippen molar-refractivity contribution in [3.05, 3.63) is 18.2 Å². The lowest BCUT2D eigenvalue weighted by molar-refractivity contribution is 1.07. The average molecular weight is 124 g/mol. The Bertz CT molecular complexity index is 189. The van der Waals surface area contributed by atoms with Crippen molar-refractivity contribution in [3.63, 3.8) is 0 Å². The Morgan fingerprint density at radius 3 is 3.11 bits per heavy atom. The molecule has 0 aliphatic heterocycles. The Morgan fingerprint density at radius 1 is 1.89 bits per heavy atom. The molecule has 1 rings (SSSR count). The number of hydrogen-bond acceptors (Lipinski definition) is 2. The van der Waals surface area contributed by atoms with Gasteiger partial charge < -0.3 is 10.7 Å². The Morgan fingerprint density at radius 2 is 2.67 bits per heavy atom. The summed E-state index contributed by atoms with van der Waals surface area (Å²) in [6.07, 6.45) is 3.75. The molecule has 0 amide bonds. The smallest absolute Gasteiger partial charge is 0.113 e. The van der Waals surface area contributed by atoms with E-state index in [-0.39, 0.29) is 5.84 Å². The zero-order valence-electron chi connectivity index (χ0n) is 4.89. The lowest BCUT2D eigenvalue weighted by Gasteiger charge is -1.89. The highest BCUT2D eigenvalue weighted by Crippen LogP contribution is 1.87. The number of H-pyrrole nitrogens is 1. The zero-order chi connectivity index (χ0) is 6.69. The molecular weight excluding hydrogens is 116 g/mol. The highest BCUT2D eigenvalue weighted by molar-refractivity contribution is 5.78. The molecule has 1 aromatic heterocycles. The minimum Gasteiger partial charge on any atom is -0.387 e. The van der Waals surface area contributed by atoms with Crippen molar-refractivity contribution in [2.45, 2.75) is 6.42 Å². The first kappa shape index (κ1) is 5.81. The van der Waals surface area contributed by atoms with Gasteiger partial charge in [-0.15, -0.1) is 0 Å². The van der Waals surface area contributed by atoms with Crippen molar-refractivity contribution < 1.29 is 0 Å². The van der Waals surface area contributed by atoms with Crippen molar-refractivity contribution in [2.24, 2.45) is 5.73 Å². The number of imidazole rings is 1. The second kappa shape index (κ2) is 2.30. The van der Waals surface area contributed by atoms with E-state index < -0.39 is 0 Å². The van der Waals surface area contributed by atoms with Crippen molar-refractivity contribution in [1.82, 2.24) is 9.97 Å². The van der Waals surface area contributed by atoms with Gasteiger partial charge in [-0.05, 0) is 0 Å². The Hall–Kier alpha value is -1.32. The summed E-state index contributed by atoms with van der Waals surface area (Å²) in [5.41, 5.74) is 5.11. The molecule has 0 aliphatic carbocycles. The van der Waals surface area contributed by atoms with Gasteiger partial charge in [0.15, 0.2) is 0 Å². The molecular formula is C5H8N4. The minimum atomic E-state index is 0.130. The fraction of sp³-hybridized carbons (Fsp3) is 0.200. The van der Waals surface area contributed by atoms with E-state index in [1.54, 1.807) is 12.4 Å². The van der Waals surface area contributed by atoms with Crippen LogP contribution in [0.4, 0.5) is 0 Å². The van der Waals surface area contributed by atoms with Crippen LogP contribution in [-0.2, 0) is 6.42 Å². The number of nitrogens with one attached hydrogen (secondary N) is 2. The normalized spacial score (nSPS) is 9.33. The molecule has 4 nitrogen and oxygen atoms in total. The first-order valence-corrected chi connectivity index (χ1v) is 2.60. The predicted molar refractivity (Wildman–Crippen MR) is 34.2 cm³/mol. The monoisotopic (exact) mass is 124 g/mol. The van der Waals surface area contributed by atoms with Gasteiger partial charge in [-0.2, -0.15) is 0 Å². The molecule has 48 valence electrons. The Balaban J connectivity index is 2.58. The van der Waals surface area contributed by atoms with Crippen LogP contribution in [-0.4, -0.2) is 15.8 Å². The van der Waals surface area contributed by atoms with Gasteiger partial charge in [0.1, 0.15) is 5.82 Å². The van der Waals surface area contributed by atoms with Crippen molar-refractivity contribution in [1.29, 1.82) is 5.41 Å². The molecule has 1 aromatic rings. The van der Waals surface area contributed by atoms with Crippen LogP contribution >= 0.6 is 0 Å². The Kier molecular flexibility index (Phi) is 1.48. The number of amidine groups is 1. The van der Waals surface area contributed by atoms with Gasteiger partial charge in [-0.25, -0.2) is 4.98 Å². The average Bonchev–Trinajstić information content (AvgIpc) is 2.15. The molecule has 0 fully saturated rings. The third kappa shape index (κ3) is 1.56. The summed E-state index contributed by atoms with van der Waals surface area (Å²) in [6, 6.07) is 0. The van der Waals surface area contributed by atoms with Gasteiger partial charge in [0.25, 0.3) is 0 Å². The Labute approximate surface area is 52.6 Å². The molecule has 0 bridgehead atoms. The second-order valence-electron chi connectivity index (χ2n) is 1.74. The van der Waals surface area contributed by atoms with Gasteiger partial charge in [0.2, 0.25) is 0 Å². The molecule has 1 heterocycles. The molecule has 0 spiro atoms. The number of hydrogen-bond donors (Lipinski definition) is 3. The van der Waals surface area contributed by atoms with Crippen molar-refractivity contribution >= 4 is 5.84 Å². The number of nitrogens with zero attached hydrogens (tertiary/aromatic N) is 1. The molecule has 0 unspecified atom stereocenters. The summed E-state index contributed by atoms with van der Waals surface area (Å²) < 4.78 is 0. The van der Waals surface area contributed by atoms with Crippen molar-refractivity contribution in [3.8, 4) is 0 Å². The van der Waals surface area contributed by atoms with E-state index >= 15 is 0 Å². The van der Waals surface area contributed by atoms with Crippen LogP contribution in [0.5, 0.6) is 0 Å². The first-order chi connectivity index (χ1) is 4.29. The van der Waals surface area contributed by atoms with E-state index in [4.69, 9.17) is 11.1 Å². The summed E-state index contributed by atoms with van der Waals surface area (Å²) in [6.45, 7) is 0. The van der Waals surface area contributed by atoms with Crippen LogP contribution < -0.4 is 5.73 Å². The molecule has 4 heteroatoms. The third-order valence-electron chi connectivity index (χ3n) is 0.913. The van der Waals surface area contributed by atoms with Gasteiger partial charge in [-0.3, -0.25) is 5.41 Å². The number of aromatic amines is 1. The maximum atomic E-state index is 6.89. The van der Waals surface area contributed by atoms with Gasteiger partial charge in [0, 0.05) is 12.4 Å². The lowest BCUT2D eigenvalue weighted by Crippen LogP contribution is -2.13. The molecule has 0 radical (unpaired) electrons. The van der Waals surface area contributed by atoms with E-state index in [1.165, 1.54) is 0 Å². The van der Waals surface area contributed by atoms with E-state index in [0.717, 1.165) is 5.82 Å². The summed E-state index contributed by atoms with van der Waals surface area (Å²) in [7, 11) is 0. The summed E-state index contributed by atoms with van der Waals surface area (Å²) in [5, 5.41) is 6.89. The highest BCUT2D eigenvalue weighted by atomic mass is 14.9. The van der Waals surface area contributed by atoms with Crippen LogP contribution in [0.1, 0.15) is 5.82 Å². The molecule has 0 saturated carbocycles. The van der Waals surface area contributed by atoms with Gasteiger partial charge >= 0.3 is 0 Å². The summed E-state index contributed by atoms with van der Waals surface area (Å²) in [5.74, 6) is 0.868. The highest BCUT2D eigenvalue weighted by Gasteiger charge is 1.93. The second-order valence-corrected chi connectivity index (χ2v) is 1.74. The van der Waals surface area contributed by atoms with Gasteiger partial charge in [0.05, 0.1) is 12.3 Å². The summed E-state index contributed by atoms with van der Waals surface area (Å²) >= 11 is 0. The van der Waals surface area contributed by atoms with Crippen LogP contribution in [0.3, 0.4) is 0 Å². The van der Waals surface area contributed by atoms with Crippen LogP contribution in [0, 0.1) is 5.41 Å². The van der Waals surface area contributed by atoms with Crippen LogP contribution in [0.15, 0.2) is 12.4 Å². The topological polar surface area (TPSA) is 78.6 Å². The quantitative estimate of drug-likeness (QED) is 0.380. The minimum absolute atomic E-state index is 0.130. The third-order valence-corrected chi connectivity index (χ3v) is 0.913. The molecule has 4 N–H and O–H groups in total. The van der Waals surface area contributed by atoms with Gasteiger partial charge in [-0.1, -0.05) is 0 Å². The fourth-order valence-electron chi connectivity index (χ4n) is 0.575. The molecule has 0 atom stereocenters. The maximum Gasteiger partial charge on any atom is 0.113 e. The van der Waals surface area contributed by atoms with Crippen molar-refractivity contribution in [2.75, 3.05) is 0 Å². The molecule has 9 heavy (non-hydrogen) atoms. The molecule has 0 aliphatic rings. The largest absolute Gasteiger partial charge is 0.387 e. The van der Waals surface area contributed by atoms with E-state index in [1.807, 2.05) is 0 Å². The van der Waals surface area contributed by atoms with E-state index in [2.05, 4.69) is 9.97 Å². The fourth-order valence-corrected chi connectivity index (χ4v) is 0.575. The summed E-state index contributed by atoms with van der Waals surface area (Å²) in [4.78, 5) is 6.72. The molecule has 0 aromatic carbocycles. The van der Waals surface area contributed by atoms with E-state index in [9.17, 15) is 0 Å².